The molecular weight excluding hydrogens is 362 g/mol. The Balaban J connectivity index is 2.14. The third kappa shape index (κ3) is 2.96. The lowest BCUT2D eigenvalue weighted by molar-refractivity contribution is -0.141. The number of nitrogens with zero attached hydrogens (tertiary/aromatic N) is 3. The zero-order valence-corrected chi connectivity index (χ0v) is 14.3. The summed E-state index contributed by atoms with van der Waals surface area (Å²) in [6.07, 6.45) is -4.21. The number of benzene rings is 1. The summed E-state index contributed by atoms with van der Waals surface area (Å²) in [5.41, 5.74) is 0.773. The highest BCUT2D eigenvalue weighted by Crippen LogP contribution is 2.32. The number of rotatable bonds is 2. The molecule has 0 spiro atoms. The summed E-state index contributed by atoms with van der Waals surface area (Å²) in [6, 6.07) is 6.14. The maximum Gasteiger partial charge on any atom is 0.433 e. The molecule has 0 saturated heterocycles. The van der Waals surface area contributed by atoms with Crippen LogP contribution < -0.4 is 0 Å². The molecule has 126 valence electrons. The quantitative estimate of drug-likeness (QED) is 0.618. The smallest absolute Gasteiger partial charge is 0.316 e. The average Bonchev–Trinajstić information content (AvgIpc) is 2.80. The van der Waals surface area contributed by atoms with Crippen molar-refractivity contribution in [3.63, 3.8) is 0 Å². The van der Waals surface area contributed by atoms with E-state index in [4.69, 9.17) is 23.2 Å². The van der Waals surface area contributed by atoms with E-state index in [-0.39, 0.29) is 5.65 Å². The van der Waals surface area contributed by atoms with Crippen molar-refractivity contribution in [3.8, 4) is 0 Å². The highest BCUT2D eigenvalue weighted by atomic mass is 35.5. The summed E-state index contributed by atoms with van der Waals surface area (Å²) < 4.78 is 40.4. The van der Waals surface area contributed by atoms with Crippen LogP contribution in [0.3, 0.4) is 0 Å². The predicted octanol–water partition coefficient (Wildman–Crippen LogP) is 5.19. The molecule has 0 bridgehead atoms. The van der Waals surface area contributed by atoms with Gasteiger partial charge < -0.3 is 4.57 Å². The number of hydrogen-bond donors (Lipinski definition) is 0. The molecule has 0 amide bonds. The van der Waals surface area contributed by atoms with Gasteiger partial charge in [0, 0.05) is 23.5 Å². The Kier molecular flexibility index (Phi) is 4.21. The van der Waals surface area contributed by atoms with Gasteiger partial charge in [-0.15, -0.1) is 0 Å². The normalized spacial score (nSPS) is 12.1. The number of aryl methyl sites for hydroxylation is 2. The minimum Gasteiger partial charge on any atom is -0.316 e. The minimum atomic E-state index is -4.50. The SMILES string of the molecule is Cc1cc(C(F)(F)F)nc2c1nc(Cc1c(Cl)cccc1Cl)n2C. The fourth-order valence-electron chi connectivity index (χ4n) is 2.51. The van der Waals surface area contributed by atoms with E-state index >= 15 is 0 Å². The molecule has 3 nitrogen and oxygen atoms in total. The number of pyridine rings is 1. The first-order valence-corrected chi connectivity index (χ1v) is 7.77. The Labute approximate surface area is 146 Å². The highest BCUT2D eigenvalue weighted by Gasteiger charge is 2.33. The minimum absolute atomic E-state index is 0.181. The predicted molar refractivity (Wildman–Crippen MR) is 87.5 cm³/mol. The van der Waals surface area contributed by atoms with Gasteiger partial charge in [-0.2, -0.15) is 13.2 Å². The monoisotopic (exact) mass is 373 g/mol. The molecule has 2 heterocycles. The Morgan fingerprint density at radius 2 is 1.75 bits per heavy atom. The van der Waals surface area contributed by atoms with Crippen molar-refractivity contribution in [2.24, 2.45) is 7.05 Å². The number of imidazole rings is 1. The largest absolute Gasteiger partial charge is 0.433 e. The van der Waals surface area contributed by atoms with E-state index in [2.05, 4.69) is 9.97 Å². The topological polar surface area (TPSA) is 30.7 Å². The van der Waals surface area contributed by atoms with Gasteiger partial charge in [-0.1, -0.05) is 29.3 Å². The van der Waals surface area contributed by atoms with Crippen molar-refractivity contribution in [2.45, 2.75) is 19.5 Å². The van der Waals surface area contributed by atoms with Crippen molar-refractivity contribution < 1.29 is 13.2 Å². The summed E-state index contributed by atoms with van der Waals surface area (Å²) in [6.45, 7) is 1.58. The fourth-order valence-corrected chi connectivity index (χ4v) is 3.04. The van der Waals surface area contributed by atoms with Crippen molar-refractivity contribution >= 4 is 34.4 Å². The Morgan fingerprint density at radius 1 is 1.12 bits per heavy atom. The summed E-state index contributed by atoms with van der Waals surface area (Å²) in [5.74, 6) is 0.537. The van der Waals surface area contributed by atoms with Crippen LogP contribution in [-0.2, 0) is 19.6 Å². The second kappa shape index (κ2) is 5.93. The third-order valence-corrected chi connectivity index (χ3v) is 4.51. The molecule has 3 rings (SSSR count). The molecule has 0 radical (unpaired) electrons. The lowest BCUT2D eigenvalue weighted by Crippen LogP contribution is -2.09. The second-order valence-electron chi connectivity index (χ2n) is 5.46. The standard InChI is InChI=1S/C16H12Cl2F3N3/c1-8-6-12(16(19,20)21)22-15-14(8)23-13(24(15)2)7-9-10(17)4-3-5-11(9)18/h3-6H,7H2,1-2H3. The van der Waals surface area contributed by atoms with E-state index in [1.807, 2.05) is 0 Å². The van der Waals surface area contributed by atoms with Crippen LogP contribution in [-0.4, -0.2) is 14.5 Å². The van der Waals surface area contributed by atoms with Crippen molar-refractivity contribution in [3.05, 3.63) is 57.0 Å². The molecule has 0 unspecified atom stereocenters. The van der Waals surface area contributed by atoms with Gasteiger partial charge in [0.1, 0.15) is 17.0 Å². The third-order valence-electron chi connectivity index (χ3n) is 3.80. The van der Waals surface area contributed by atoms with Crippen LogP contribution in [0.25, 0.3) is 11.2 Å². The van der Waals surface area contributed by atoms with Gasteiger partial charge in [-0.05, 0) is 36.2 Å². The van der Waals surface area contributed by atoms with Gasteiger partial charge in [0.15, 0.2) is 5.65 Å². The lowest BCUT2D eigenvalue weighted by atomic mass is 10.1. The molecule has 0 fully saturated rings. The Hall–Kier alpha value is -1.79. The molecule has 0 atom stereocenters. The molecule has 0 N–H and O–H groups in total. The van der Waals surface area contributed by atoms with E-state index in [0.717, 1.165) is 6.07 Å². The van der Waals surface area contributed by atoms with Crippen LogP contribution in [0.1, 0.15) is 22.6 Å². The first-order chi connectivity index (χ1) is 11.2. The molecule has 24 heavy (non-hydrogen) atoms. The zero-order valence-electron chi connectivity index (χ0n) is 12.7. The molecule has 0 aliphatic heterocycles. The molecule has 2 aromatic heterocycles. The molecule has 1 aromatic carbocycles. The Morgan fingerprint density at radius 3 is 2.33 bits per heavy atom. The van der Waals surface area contributed by atoms with Crippen LogP contribution >= 0.6 is 23.2 Å². The van der Waals surface area contributed by atoms with E-state index in [9.17, 15) is 13.2 Å². The van der Waals surface area contributed by atoms with Gasteiger partial charge in [0.2, 0.25) is 0 Å². The highest BCUT2D eigenvalue weighted by molar-refractivity contribution is 6.36. The maximum absolute atomic E-state index is 13.0. The van der Waals surface area contributed by atoms with E-state index in [0.29, 0.717) is 38.9 Å². The average molecular weight is 374 g/mol. The first-order valence-electron chi connectivity index (χ1n) is 7.01. The van der Waals surface area contributed by atoms with Crippen LogP contribution in [0, 0.1) is 6.92 Å². The van der Waals surface area contributed by atoms with Crippen LogP contribution in [0.5, 0.6) is 0 Å². The summed E-state index contributed by atoms with van der Waals surface area (Å²) >= 11 is 12.3. The fraction of sp³-hybridized carbons (Fsp3) is 0.250. The summed E-state index contributed by atoms with van der Waals surface area (Å²) in [7, 11) is 1.63. The molecule has 3 aromatic rings. The molecule has 0 aliphatic carbocycles. The van der Waals surface area contributed by atoms with E-state index in [1.165, 1.54) is 4.57 Å². The number of fused-ring (bicyclic) bond motifs is 1. The van der Waals surface area contributed by atoms with Gasteiger partial charge in [0.25, 0.3) is 0 Å². The molecule has 0 saturated carbocycles. The lowest BCUT2D eigenvalue weighted by Gasteiger charge is -2.08. The van der Waals surface area contributed by atoms with E-state index < -0.39 is 11.9 Å². The van der Waals surface area contributed by atoms with Gasteiger partial charge in [-0.25, -0.2) is 9.97 Å². The Bertz CT molecular complexity index is 912. The zero-order chi connectivity index (χ0) is 17.6. The van der Waals surface area contributed by atoms with Gasteiger partial charge in [-0.3, -0.25) is 0 Å². The summed E-state index contributed by atoms with van der Waals surface area (Å²) in [4.78, 5) is 8.15. The molecule has 8 heteroatoms. The number of aromatic nitrogens is 3. The van der Waals surface area contributed by atoms with Crippen LogP contribution in [0.4, 0.5) is 13.2 Å². The van der Waals surface area contributed by atoms with Crippen LogP contribution in [0.15, 0.2) is 24.3 Å². The van der Waals surface area contributed by atoms with Gasteiger partial charge in [0.05, 0.1) is 0 Å². The van der Waals surface area contributed by atoms with E-state index in [1.54, 1.807) is 32.2 Å². The second-order valence-corrected chi connectivity index (χ2v) is 6.27. The van der Waals surface area contributed by atoms with Crippen molar-refractivity contribution in [2.75, 3.05) is 0 Å². The summed E-state index contributed by atoms with van der Waals surface area (Å²) in [5, 5.41) is 0.963. The maximum atomic E-state index is 13.0. The van der Waals surface area contributed by atoms with Crippen molar-refractivity contribution in [1.29, 1.82) is 0 Å². The molecular formula is C16H12Cl2F3N3. The molecule has 0 aliphatic rings. The number of halogens is 5. The van der Waals surface area contributed by atoms with Crippen LogP contribution in [0.2, 0.25) is 10.0 Å². The number of hydrogen-bond acceptors (Lipinski definition) is 2. The van der Waals surface area contributed by atoms with Gasteiger partial charge >= 0.3 is 6.18 Å². The first kappa shape index (κ1) is 17.0. The number of alkyl halides is 3. The van der Waals surface area contributed by atoms with Crippen molar-refractivity contribution in [1.82, 2.24) is 14.5 Å².